The van der Waals surface area contributed by atoms with Gasteiger partial charge in [-0.15, -0.1) is 0 Å². The molecule has 1 heterocycles. The van der Waals surface area contributed by atoms with Crippen LogP contribution in [-0.4, -0.2) is 43.0 Å². The molecule has 0 radical (unpaired) electrons. The molecule has 1 aliphatic heterocycles. The van der Waals surface area contributed by atoms with Crippen molar-refractivity contribution in [1.82, 2.24) is 10.2 Å². The lowest BCUT2D eigenvalue weighted by atomic mass is 9.93. The third-order valence-corrected chi connectivity index (χ3v) is 4.24. The van der Waals surface area contributed by atoms with Gasteiger partial charge >= 0.3 is 5.97 Å². The molecule has 2 rings (SSSR count). The lowest BCUT2D eigenvalue weighted by Gasteiger charge is -2.37. The van der Waals surface area contributed by atoms with Gasteiger partial charge in [0.15, 0.2) is 0 Å². The number of rotatable bonds is 6. The Bertz CT molecular complexity index is 518. The quantitative estimate of drug-likeness (QED) is 0.815. The molecule has 1 saturated heterocycles. The van der Waals surface area contributed by atoms with Crippen LogP contribution in [0.4, 0.5) is 0 Å². The number of carbonyl (C=O) groups excluding carboxylic acids is 2. The van der Waals surface area contributed by atoms with Gasteiger partial charge in [0.2, 0.25) is 5.91 Å². The highest BCUT2D eigenvalue weighted by Crippen LogP contribution is 2.20. The first kappa shape index (κ1) is 17.5. The van der Waals surface area contributed by atoms with Crippen molar-refractivity contribution in [3.63, 3.8) is 0 Å². The van der Waals surface area contributed by atoms with E-state index in [4.69, 9.17) is 4.74 Å². The van der Waals surface area contributed by atoms with E-state index in [-0.39, 0.29) is 23.8 Å². The third-order valence-electron chi connectivity index (χ3n) is 4.24. The SMILES string of the molecule is CCCC(=O)N1CC(NCc2ccccc2)CC(C(=O)OC)C1. The normalized spacial score (nSPS) is 21.0. The van der Waals surface area contributed by atoms with Crippen LogP contribution in [0.5, 0.6) is 0 Å². The molecule has 0 aliphatic carbocycles. The van der Waals surface area contributed by atoms with Gasteiger partial charge in [-0.05, 0) is 18.4 Å². The summed E-state index contributed by atoms with van der Waals surface area (Å²) in [5.74, 6) is -0.360. The number of nitrogens with zero attached hydrogens (tertiary/aromatic N) is 1. The van der Waals surface area contributed by atoms with E-state index in [1.165, 1.54) is 12.7 Å². The largest absolute Gasteiger partial charge is 0.469 e. The number of nitrogens with one attached hydrogen (secondary N) is 1. The van der Waals surface area contributed by atoms with Crippen molar-refractivity contribution >= 4 is 11.9 Å². The molecule has 1 fully saturated rings. The summed E-state index contributed by atoms with van der Waals surface area (Å²) >= 11 is 0. The number of hydrogen-bond acceptors (Lipinski definition) is 4. The van der Waals surface area contributed by atoms with Crippen molar-refractivity contribution in [2.24, 2.45) is 5.92 Å². The molecular formula is C18H26N2O3. The zero-order chi connectivity index (χ0) is 16.7. The molecule has 5 nitrogen and oxygen atoms in total. The van der Waals surface area contributed by atoms with E-state index in [1.54, 1.807) is 4.90 Å². The number of piperidine rings is 1. The molecule has 1 amide bonds. The van der Waals surface area contributed by atoms with Gasteiger partial charge in [0.05, 0.1) is 13.0 Å². The molecule has 0 saturated carbocycles. The summed E-state index contributed by atoms with van der Waals surface area (Å²) in [6.45, 7) is 3.84. The molecule has 5 heteroatoms. The van der Waals surface area contributed by atoms with Crippen LogP contribution in [0.25, 0.3) is 0 Å². The molecule has 1 N–H and O–H groups in total. The number of likely N-dealkylation sites (tertiary alicyclic amines) is 1. The average Bonchev–Trinajstić information content (AvgIpc) is 2.60. The van der Waals surface area contributed by atoms with Gasteiger partial charge in [-0.3, -0.25) is 9.59 Å². The zero-order valence-electron chi connectivity index (χ0n) is 14.0. The number of amides is 1. The van der Waals surface area contributed by atoms with E-state index in [0.717, 1.165) is 13.0 Å². The fourth-order valence-electron chi connectivity index (χ4n) is 3.02. The third kappa shape index (κ3) is 5.06. The summed E-state index contributed by atoms with van der Waals surface area (Å²) in [6.07, 6.45) is 2.05. The van der Waals surface area contributed by atoms with Gasteiger partial charge in [0, 0.05) is 32.1 Å². The minimum atomic E-state index is -0.247. The van der Waals surface area contributed by atoms with Gasteiger partial charge < -0.3 is 15.0 Å². The molecule has 0 bridgehead atoms. The summed E-state index contributed by atoms with van der Waals surface area (Å²) in [4.78, 5) is 25.9. The van der Waals surface area contributed by atoms with Gasteiger partial charge in [0.25, 0.3) is 0 Å². The Labute approximate surface area is 138 Å². The first-order valence-electron chi connectivity index (χ1n) is 8.27. The number of esters is 1. The van der Waals surface area contributed by atoms with Gasteiger partial charge in [-0.25, -0.2) is 0 Å². The number of ether oxygens (including phenoxy) is 1. The summed E-state index contributed by atoms with van der Waals surface area (Å²) in [7, 11) is 1.40. The van der Waals surface area contributed by atoms with Crippen LogP contribution in [0.3, 0.4) is 0 Å². The van der Waals surface area contributed by atoms with Crippen LogP contribution in [0, 0.1) is 5.92 Å². The van der Waals surface area contributed by atoms with E-state index in [0.29, 0.717) is 25.9 Å². The van der Waals surface area contributed by atoms with Crippen molar-refractivity contribution in [3.05, 3.63) is 35.9 Å². The van der Waals surface area contributed by atoms with Gasteiger partial charge in [-0.1, -0.05) is 37.3 Å². The first-order chi connectivity index (χ1) is 11.1. The van der Waals surface area contributed by atoms with Crippen molar-refractivity contribution in [2.45, 2.75) is 38.8 Å². The molecular weight excluding hydrogens is 292 g/mol. The summed E-state index contributed by atoms with van der Waals surface area (Å²) in [5.41, 5.74) is 1.19. The predicted octanol–water partition coefficient (Wildman–Crippen LogP) is 1.97. The Kier molecular flexibility index (Phi) is 6.59. The maximum absolute atomic E-state index is 12.2. The Morgan fingerprint density at radius 3 is 2.65 bits per heavy atom. The predicted molar refractivity (Wildman–Crippen MR) is 88.7 cm³/mol. The van der Waals surface area contributed by atoms with Crippen molar-refractivity contribution < 1.29 is 14.3 Å². The van der Waals surface area contributed by atoms with Crippen molar-refractivity contribution in [1.29, 1.82) is 0 Å². The zero-order valence-corrected chi connectivity index (χ0v) is 14.0. The second-order valence-corrected chi connectivity index (χ2v) is 6.07. The minimum Gasteiger partial charge on any atom is -0.469 e. The fraction of sp³-hybridized carbons (Fsp3) is 0.556. The van der Waals surface area contributed by atoms with E-state index >= 15 is 0 Å². The maximum atomic E-state index is 12.2. The number of hydrogen-bond donors (Lipinski definition) is 1. The smallest absolute Gasteiger partial charge is 0.310 e. The van der Waals surface area contributed by atoms with Crippen LogP contribution >= 0.6 is 0 Å². The van der Waals surface area contributed by atoms with E-state index in [2.05, 4.69) is 17.4 Å². The van der Waals surface area contributed by atoms with Gasteiger partial charge in [0.1, 0.15) is 0 Å². The lowest BCUT2D eigenvalue weighted by molar-refractivity contribution is -0.149. The maximum Gasteiger partial charge on any atom is 0.310 e. The molecule has 2 atom stereocenters. The summed E-state index contributed by atoms with van der Waals surface area (Å²) < 4.78 is 4.88. The lowest BCUT2D eigenvalue weighted by Crippen LogP contribution is -2.52. The highest BCUT2D eigenvalue weighted by atomic mass is 16.5. The Hall–Kier alpha value is -1.88. The van der Waals surface area contributed by atoms with Crippen LogP contribution in [0.1, 0.15) is 31.7 Å². The Morgan fingerprint density at radius 2 is 2.00 bits per heavy atom. The molecule has 0 aromatic heterocycles. The highest BCUT2D eigenvalue weighted by Gasteiger charge is 2.33. The van der Waals surface area contributed by atoms with Crippen LogP contribution in [0.2, 0.25) is 0 Å². The molecule has 1 aliphatic rings. The number of methoxy groups -OCH3 is 1. The second kappa shape index (κ2) is 8.67. The average molecular weight is 318 g/mol. The Balaban J connectivity index is 1.99. The van der Waals surface area contributed by atoms with E-state index in [9.17, 15) is 9.59 Å². The van der Waals surface area contributed by atoms with E-state index in [1.807, 2.05) is 25.1 Å². The Morgan fingerprint density at radius 1 is 1.26 bits per heavy atom. The summed E-state index contributed by atoms with van der Waals surface area (Å²) in [6, 6.07) is 10.2. The molecule has 1 aromatic rings. The van der Waals surface area contributed by atoms with E-state index < -0.39 is 0 Å². The van der Waals surface area contributed by atoms with Crippen LogP contribution < -0.4 is 5.32 Å². The van der Waals surface area contributed by atoms with Crippen LogP contribution in [-0.2, 0) is 20.9 Å². The second-order valence-electron chi connectivity index (χ2n) is 6.07. The first-order valence-corrected chi connectivity index (χ1v) is 8.27. The monoisotopic (exact) mass is 318 g/mol. The fourth-order valence-corrected chi connectivity index (χ4v) is 3.02. The topological polar surface area (TPSA) is 58.6 Å². The molecule has 1 aromatic carbocycles. The molecule has 126 valence electrons. The van der Waals surface area contributed by atoms with Crippen LogP contribution in [0.15, 0.2) is 30.3 Å². The number of benzene rings is 1. The summed E-state index contributed by atoms with van der Waals surface area (Å²) in [5, 5.41) is 3.47. The highest BCUT2D eigenvalue weighted by molar-refractivity contribution is 5.78. The van der Waals surface area contributed by atoms with Crippen molar-refractivity contribution in [3.8, 4) is 0 Å². The standard InChI is InChI=1S/C18H26N2O3/c1-3-7-17(21)20-12-15(18(22)23-2)10-16(13-20)19-11-14-8-5-4-6-9-14/h4-6,8-9,15-16,19H,3,7,10-13H2,1-2H3. The molecule has 23 heavy (non-hydrogen) atoms. The molecule has 2 unspecified atom stereocenters. The molecule has 0 spiro atoms. The number of carbonyl (C=O) groups is 2. The van der Waals surface area contributed by atoms with Crippen molar-refractivity contribution in [2.75, 3.05) is 20.2 Å². The minimum absolute atomic E-state index is 0.105. The van der Waals surface area contributed by atoms with Gasteiger partial charge in [-0.2, -0.15) is 0 Å².